The maximum Gasteiger partial charge on any atom is 0.251 e. The second kappa shape index (κ2) is 7.37. The van der Waals surface area contributed by atoms with Gasteiger partial charge in [0.25, 0.3) is 5.91 Å². The molecule has 0 saturated heterocycles. The molecule has 8 heteroatoms. The molecule has 0 aliphatic heterocycles. The van der Waals surface area contributed by atoms with Crippen molar-refractivity contribution in [1.29, 1.82) is 0 Å². The lowest BCUT2D eigenvalue weighted by Crippen LogP contribution is -2.41. The Morgan fingerprint density at radius 3 is 2.92 bits per heavy atom. The highest BCUT2D eigenvalue weighted by Gasteiger charge is 2.29. The number of carbonyl (C=O) groups excluding carboxylic acids is 1. The topological polar surface area (TPSA) is 93.1 Å². The van der Waals surface area contributed by atoms with Gasteiger partial charge in [0.05, 0.1) is 12.6 Å². The Bertz CT molecular complexity index is 833. The van der Waals surface area contributed by atoms with Gasteiger partial charge in [0.2, 0.25) is 10.0 Å². The molecule has 2 aromatic rings. The van der Waals surface area contributed by atoms with Gasteiger partial charge in [0.15, 0.2) is 0 Å². The molecule has 1 aromatic carbocycles. The first-order valence-corrected chi connectivity index (χ1v) is 10.2. The fourth-order valence-electron chi connectivity index (χ4n) is 3.20. The summed E-state index contributed by atoms with van der Waals surface area (Å²) in [4.78, 5) is 16.6. The van der Waals surface area contributed by atoms with Crippen molar-refractivity contribution in [3.63, 3.8) is 0 Å². The fourth-order valence-corrected chi connectivity index (χ4v) is 3.72. The Hall–Kier alpha value is -2.19. The second-order valence-electron chi connectivity index (χ2n) is 6.41. The highest BCUT2D eigenvalue weighted by molar-refractivity contribution is 7.88. The summed E-state index contributed by atoms with van der Waals surface area (Å²) in [6, 6.07) is 7.32. The molecule has 1 amide bonds. The highest BCUT2D eigenvalue weighted by atomic mass is 32.2. The lowest BCUT2D eigenvalue weighted by molar-refractivity contribution is 0.0928. The van der Waals surface area contributed by atoms with Crippen molar-refractivity contribution in [3.8, 4) is 5.69 Å². The van der Waals surface area contributed by atoms with Gasteiger partial charge in [-0.05, 0) is 37.0 Å². The minimum Gasteiger partial charge on any atom is -0.349 e. The maximum atomic E-state index is 12.6. The number of carbonyl (C=O) groups is 1. The standard InChI is InChI=1S/C17H22N4O3S/c1-25(23,24)19-11-14-5-3-7-16(14)20-17(22)13-4-2-6-15(10-13)21-9-8-18-12-21/h2,4,6,8-10,12,14,16,19H,3,5,7,11H2,1H3,(H,20,22)/t14-,16-/m0/s1. The minimum absolute atomic E-state index is 0.0151. The van der Waals surface area contributed by atoms with E-state index in [9.17, 15) is 13.2 Å². The summed E-state index contributed by atoms with van der Waals surface area (Å²) in [6.07, 6.45) is 9.09. The van der Waals surface area contributed by atoms with E-state index in [1.54, 1.807) is 18.6 Å². The van der Waals surface area contributed by atoms with Crippen molar-refractivity contribution in [2.24, 2.45) is 5.92 Å². The molecule has 1 aliphatic carbocycles. The van der Waals surface area contributed by atoms with Gasteiger partial charge in [-0.25, -0.2) is 18.1 Å². The van der Waals surface area contributed by atoms with Crippen LogP contribution in [0.25, 0.3) is 5.69 Å². The van der Waals surface area contributed by atoms with Crippen LogP contribution in [0.5, 0.6) is 0 Å². The van der Waals surface area contributed by atoms with Gasteiger partial charge in [-0.3, -0.25) is 4.79 Å². The summed E-state index contributed by atoms with van der Waals surface area (Å²) in [5.74, 6) is -0.0197. The number of hydrogen-bond acceptors (Lipinski definition) is 4. The summed E-state index contributed by atoms with van der Waals surface area (Å²) in [6.45, 7) is 0.360. The van der Waals surface area contributed by atoms with E-state index in [2.05, 4.69) is 15.0 Å². The average molecular weight is 362 g/mol. The van der Waals surface area contributed by atoms with Crippen molar-refractivity contribution in [2.45, 2.75) is 25.3 Å². The summed E-state index contributed by atoms with van der Waals surface area (Å²) in [5.41, 5.74) is 1.44. The van der Waals surface area contributed by atoms with E-state index in [0.717, 1.165) is 31.2 Å². The first-order chi connectivity index (χ1) is 11.9. The Morgan fingerprint density at radius 1 is 1.36 bits per heavy atom. The molecule has 0 spiro atoms. The summed E-state index contributed by atoms with van der Waals surface area (Å²) < 4.78 is 26.9. The number of sulfonamides is 1. The van der Waals surface area contributed by atoms with Crippen LogP contribution < -0.4 is 10.0 Å². The number of benzene rings is 1. The predicted octanol–water partition coefficient (Wildman–Crippen LogP) is 1.32. The average Bonchev–Trinajstić information content (AvgIpc) is 3.24. The van der Waals surface area contributed by atoms with Crippen LogP contribution in [0.3, 0.4) is 0 Å². The monoisotopic (exact) mass is 362 g/mol. The van der Waals surface area contributed by atoms with Gasteiger partial charge in [-0.1, -0.05) is 12.5 Å². The van der Waals surface area contributed by atoms with Crippen molar-refractivity contribution in [2.75, 3.05) is 12.8 Å². The number of amides is 1. The van der Waals surface area contributed by atoms with E-state index in [-0.39, 0.29) is 17.9 Å². The summed E-state index contributed by atoms with van der Waals surface area (Å²) in [5, 5.41) is 3.06. The Kier molecular flexibility index (Phi) is 5.19. The number of aromatic nitrogens is 2. The molecule has 1 aromatic heterocycles. The smallest absolute Gasteiger partial charge is 0.251 e. The molecular formula is C17H22N4O3S. The summed E-state index contributed by atoms with van der Waals surface area (Å²) in [7, 11) is -3.22. The third-order valence-electron chi connectivity index (χ3n) is 4.49. The Labute approximate surface area is 147 Å². The van der Waals surface area contributed by atoms with E-state index in [1.807, 2.05) is 29.0 Å². The van der Waals surface area contributed by atoms with Crippen LogP contribution in [-0.4, -0.2) is 42.7 Å². The molecule has 1 heterocycles. The normalized spacial score (nSPS) is 20.5. The van der Waals surface area contributed by atoms with Crippen LogP contribution in [0.4, 0.5) is 0 Å². The first-order valence-electron chi connectivity index (χ1n) is 8.26. The number of rotatable bonds is 6. The largest absolute Gasteiger partial charge is 0.349 e. The van der Waals surface area contributed by atoms with Crippen LogP contribution in [0.15, 0.2) is 43.0 Å². The number of imidazole rings is 1. The van der Waals surface area contributed by atoms with E-state index in [0.29, 0.717) is 12.1 Å². The quantitative estimate of drug-likeness (QED) is 0.810. The number of hydrogen-bond donors (Lipinski definition) is 2. The molecule has 134 valence electrons. The van der Waals surface area contributed by atoms with Crippen molar-refractivity contribution in [1.82, 2.24) is 19.6 Å². The number of nitrogens with one attached hydrogen (secondary N) is 2. The predicted molar refractivity (Wildman–Crippen MR) is 95.0 cm³/mol. The molecule has 0 radical (unpaired) electrons. The molecule has 25 heavy (non-hydrogen) atoms. The lowest BCUT2D eigenvalue weighted by atomic mass is 10.0. The van der Waals surface area contributed by atoms with E-state index >= 15 is 0 Å². The Balaban J connectivity index is 1.66. The van der Waals surface area contributed by atoms with E-state index in [4.69, 9.17) is 0 Å². The van der Waals surface area contributed by atoms with Gasteiger partial charge in [0, 0.05) is 36.2 Å². The SMILES string of the molecule is CS(=O)(=O)NC[C@@H]1CCC[C@@H]1NC(=O)c1cccc(-n2ccnc2)c1. The lowest BCUT2D eigenvalue weighted by Gasteiger charge is -2.21. The third kappa shape index (κ3) is 4.67. The van der Waals surface area contributed by atoms with Crippen LogP contribution in [0, 0.1) is 5.92 Å². The molecule has 7 nitrogen and oxygen atoms in total. The molecule has 1 saturated carbocycles. The molecule has 0 unspecified atom stereocenters. The minimum atomic E-state index is -3.22. The Morgan fingerprint density at radius 2 is 2.20 bits per heavy atom. The summed E-state index contributed by atoms with van der Waals surface area (Å²) >= 11 is 0. The molecule has 0 bridgehead atoms. The van der Waals surface area contributed by atoms with Crippen LogP contribution in [-0.2, 0) is 10.0 Å². The fraction of sp³-hybridized carbons (Fsp3) is 0.412. The second-order valence-corrected chi connectivity index (χ2v) is 8.24. The zero-order chi connectivity index (χ0) is 17.9. The van der Waals surface area contributed by atoms with Crippen LogP contribution in [0.1, 0.15) is 29.6 Å². The zero-order valence-corrected chi connectivity index (χ0v) is 14.9. The van der Waals surface area contributed by atoms with E-state index < -0.39 is 10.0 Å². The molecular weight excluding hydrogens is 340 g/mol. The highest BCUT2D eigenvalue weighted by Crippen LogP contribution is 2.25. The van der Waals surface area contributed by atoms with Crippen molar-refractivity contribution in [3.05, 3.63) is 48.5 Å². The molecule has 2 atom stereocenters. The van der Waals surface area contributed by atoms with Crippen molar-refractivity contribution < 1.29 is 13.2 Å². The van der Waals surface area contributed by atoms with E-state index in [1.165, 1.54) is 0 Å². The first kappa shape index (κ1) is 17.6. The maximum absolute atomic E-state index is 12.6. The van der Waals surface area contributed by atoms with Gasteiger partial charge in [-0.15, -0.1) is 0 Å². The van der Waals surface area contributed by atoms with Crippen LogP contribution in [0.2, 0.25) is 0 Å². The molecule has 3 rings (SSSR count). The number of nitrogens with zero attached hydrogens (tertiary/aromatic N) is 2. The van der Waals surface area contributed by atoms with Gasteiger partial charge in [0.1, 0.15) is 0 Å². The molecule has 2 N–H and O–H groups in total. The van der Waals surface area contributed by atoms with Gasteiger partial charge < -0.3 is 9.88 Å². The van der Waals surface area contributed by atoms with Gasteiger partial charge >= 0.3 is 0 Å². The molecule has 1 aliphatic rings. The van der Waals surface area contributed by atoms with Crippen molar-refractivity contribution >= 4 is 15.9 Å². The van der Waals surface area contributed by atoms with Crippen LogP contribution >= 0.6 is 0 Å². The van der Waals surface area contributed by atoms with Gasteiger partial charge in [-0.2, -0.15) is 0 Å². The third-order valence-corrected chi connectivity index (χ3v) is 5.19. The zero-order valence-electron chi connectivity index (χ0n) is 14.1. The molecule has 1 fully saturated rings.